The summed E-state index contributed by atoms with van der Waals surface area (Å²) in [5, 5.41) is 0. The Hall–Kier alpha value is -4.05. The van der Waals surface area contributed by atoms with Crippen LogP contribution in [-0.4, -0.2) is 23.6 Å². The molecule has 1 aliphatic heterocycles. The van der Waals surface area contributed by atoms with Crippen molar-refractivity contribution in [3.05, 3.63) is 114 Å². The number of benzene rings is 4. The van der Waals surface area contributed by atoms with Crippen LogP contribution in [0, 0.1) is 0 Å². The Morgan fingerprint density at radius 3 is 2.24 bits per heavy atom. The van der Waals surface area contributed by atoms with Crippen LogP contribution in [-0.2, 0) is 6.54 Å². The number of anilines is 2. The van der Waals surface area contributed by atoms with Crippen molar-refractivity contribution in [2.75, 3.05) is 23.9 Å². The van der Waals surface area contributed by atoms with Crippen LogP contribution in [0.25, 0.3) is 22.4 Å². The molecule has 5 aromatic rings. The van der Waals surface area contributed by atoms with Crippen LogP contribution in [0.1, 0.15) is 17.3 Å². The fourth-order valence-electron chi connectivity index (χ4n) is 4.89. The molecule has 1 atom stereocenters. The molecule has 33 heavy (non-hydrogen) atoms. The summed E-state index contributed by atoms with van der Waals surface area (Å²) in [6.45, 7) is 0.809. The fourth-order valence-corrected chi connectivity index (χ4v) is 4.89. The lowest BCUT2D eigenvalue weighted by Crippen LogP contribution is -2.36. The monoisotopic (exact) mass is 430 g/mol. The first kappa shape index (κ1) is 19.6. The highest BCUT2D eigenvalue weighted by atomic mass is 15.3. The Balaban J connectivity index is 1.61. The smallest absolute Gasteiger partial charge is 0.145 e. The van der Waals surface area contributed by atoms with Crippen LogP contribution in [0.3, 0.4) is 0 Å². The van der Waals surface area contributed by atoms with E-state index in [4.69, 9.17) is 4.98 Å². The zero-order valence-electron chi connectivity index (χ0n) is 18.9. The topological polar surface area (TPSA) is 24.3 Å². The number of nitrogens with zero attached hydrogens (tertiary/aromatic N) is 4. The van der Waals surface area contributed by atoms with Gasteiger partial charge in [-0.15, -0.1) is 0 Å². The molecule has 4 nitrogen and oxygen atoms in total. The Morgan fingerprint density at radius 1 is 0.758 bits per heavy atom. The zero-order valence-corrected chi connectivity index (χ0v) is 18.9. The number of hydrogen-bond acceptors (Lipinski definition) is 3. The van der Waals surface area contributed by atoms with E-state index in [0.29, 0.717) is 0 Å². The van der Waals surface area contributed by atoms with Gasteiger partial charge in [0, 0.05) is 37.6 Å². The maximum Gasteiger partial charge on any atom is 0.145 e. The summed E-state index contributed by atoms with van der Waals surface area (Å²) in [6.07, 6.45) is -0.00119. The summed E-state index contributed by atoms with van der Waals surface area (Å²) in [6, 6.07) is 36.7. The Kier molecular flexibility index (Phi) is 4.65. The standard InChI is InChI=1S/C29H26N4/c1-31(2)23-18-16-22(17-19-23)29-32(20-21-10-4-3-5-11-21)26-14-8-6-12-24(26)28-30-25-13-7-9-15-27(25)33(28)29/h3-19,29H,20H2,1-2H3/t29-/m1/s1. The average Bonchev–Trinajstić information content (AvgIpc) is 3.25. The molecule has 2 heterocycles. The molecule has 6 rings (SSSR count). The summed E-state index contributed by atoms with van der Waals surface area (Å²) in [5.74, 6) is 1.03. The fraction of sp³-hybridized carbons (Fsp3) is 0.138. The van der Waals surface area contributed by atoms with Crippen molar-refractivity contribution in [1.29, 1.82) is 0 Å². The number of hydrogen-bond donors (Lipinski definition) is 0. The van der Waals surface area contributed by atoms with Gasteiger partial charge in [0.2, 0.25) is 0 Å². The van der Waals surface area contributed by atoms with Crippen molar-refractivity contribution >= 4 is 22.4 Å². The van der Waals surface area contributed by atoms with E-state index < -0.39 is 0 Å². The number of aromatic nitrogens is 2. The average molecular weight is 431 g/mol. The first-order valence-corrected chi connectivity index (χ1v) is 11.3. The minimum atomic E-state index is -0.00119. The zero-order chi connectivity index (χ0) is 22.4. The summed E-state index contributed by atoms with van der Waals surface area (Å²) in [5.41, 5.74) is 8.29. The van der Waals surface area contributed by atoms with Gasteiger partial charge in [-0.1, -0.05) is 66.7 Å². The van der Waals surface area contributed by atoms with Gasteiger partial charge in [0.15, 0.2) is 0 Å². The van der Waals surface area contributed by atoms with E-state index in [2.05, 4.69) is 132 Å². The first-order valence-electron chi connectivity index (χ1n) is 11.3. The summed E-state index contributed by atoms with van der Waals surface area (Å²) < 4.78 is 2.41. The molecule has 0 saturated heterocycles. The highest BCUT2D eigenvalue weighted by Gasteiger charge is 2.34. The minimum Gasteiger partial charge on any atom is -0.378 e. The lowest BCUT2D eigenvalue weighted by Gasteiger charge is -2.40. The lowest BCUT2D eigenvalue weighted by molar-refractivity contribution is 0.543. The van der Waals surface area contributed by atoms with Gasteiger partial charge < -0.3 is 9.80 Å². The van der Waals surface area contributed by atoms with Crippen molar-refractivity contribution in [2.24, 2.45) is 0 Å². The Morgan fingerprint density at radius 2 is 1.45 bits per heavy atom. The van der Waals surface area contributed by atoms with E-state index in [-0.39, 0.29) is 6.17 Å². The van der Waals surface area contributed by atoms with Gasteiger partial charge in [-0.3, -0.25) is 4.57 Å². The molecule has 1 aliphatic rings. The highest BCUT2D eigenvalue weighted by Crippen LogP contribution is 2.45. The molecule has 0 spiro atoms. The van der Waals surface area contributed by atoms with Crippen molar-refractivity contribution in [3.63, 3.8) is 0 Å². The van der Waals surface area contributed by atoms with Gasteiger partial charge in [-0.2, -0.15) is 0 Å². The largest absolute Gasteiger partial charge is 0.378 e. The van der Waals surface area contributed by atoms with Gasteiger partial charge in [-0.25, -0.2) is 4.98 Å². The second-order valence-electron chi connectivity index (χ2n) is 8.78. The predicted molar refractivity (Wildman–Crippen MR) is 137 cm³/mol. The maximum absolute atomic E-state index is 5.09. The van der Waals surface area contributed by atoms with Gasteiger partial charge in [0.05, 0.1) is 11.0 Å². The second-order valence-corrected chi connectivity index (χ2v) is 8.78. The van der Waals surface area contributed by atoms with Crippen molar-refractivity contribution in [1.82, 2.24) is 9.55 Å². The third kappa shape index (κ3) is 3.26. The lowest BCUT2D eigenvalue weighted by atomic mass is 10.0. The minimum absolute atomic E-state index is 0.00119. The number of imidazole rings is 1. The molecule has 0 fully saturated rings. The van der Waals surface area contributed by atoms with Gasteiger partial charge in [-0.05, 0) is 47.5 Å². The van der Waals surface area contributed by atoms with Gasteiger partial charge in [0.1, 0.15) is 12.0 Å². The normalized spacial score (nSPS) is 14.7. The Bertz CT molecular complexity index is 1420. The summed E-state index contributed by atoms with van der Waals surface area (Å²) in [7, 11) is 4.16. The molecule has 4 heteroatoms. The van der Waals surface area contributed by atoms with E-state index in [1.807, 2.05) is 0 Å². The van der Waals surface area contributed by atoms with E-state index in [0.717, 1.165) is 23.4 Å². The van der Waals surface area contributed by atoms with Gasteiger partial charge >= 0.3 is 0 Å². The molecular weight excluding hydrogens is 404 g/mol. The van der Waals surface area contributed by atoms with Crippen LogP contribution in [0.5, 0.6) is 0 Å². The Labute approximate surface area is 194 Å². The second kappa shape index (κ2) is 7.82. The molecule has 0 saturated carbocycles. The molecule has 162 valence electrons. The summed E-state index contributed by atoms with van der Waals surface area (Å²) in [4.78, 5) is 9.73. The first-order chi connectivity index (χ1) is 16.2. The van der Waals surface area contributed by atoms with Crippen LogP contribution >= 0.6 is 0 Å². The molecule has 0 radical (unpaired) electrons. The van der Waals surface area contributed by atoms with E-state index in [1.54, 1.807) is 0 Å². The van der Waals surface area contributed by atoms with Crippen LogP contribution < -0.4 is 9.80 Å². The van der Waals surface area contributed by atoms with Crippen molar-refractivity contribution in [2.45, 2.75) is 12.7 Å². The third-order valence-electron chi connectivity index (χ3n) is 6.49. The van der Waals surface area contributed by atoms with Crippen molar-refractivity contribution < 1.29 is 0 Å². The molecule has 1 aromatic heterocycles. The van der Waals surface area contributed by atoms with Crippen LogP contribution in [0.2, 0.25) is 0 Å². The highest BCUT2D eigenvalue weighted by molar-refractivity contribution is 5.87. The predicted octanol–water partition coefficient (Wildman–Crippen LogP) is 6.34. The van der Waals surface area contributed by atoms with Crippen molar-refractivity contribution in [3.8, 4) is 11.4 Å². The molecule has 0 bridgehead atoms. The van der Waals surface area contributed by atoms with E-state index in [9.17, 15) is 0 Å². The van der Waals surface area contributed by atoms with Crippen LogP contribution in [0.15, 0.2) is 103 Å². The maximum atomic E-state index is 5.09. The molecule has 0 amide bonds. The molecular formula is C29H26N4. The van der Waals surface area contributed by atoms with Crippen LogP contribution in [0.4, 0.5) is 11.4 Å². The van der Waals surface area contributed by atoms with E-state index >= 15 is 0 Å². The molecule has 0 unspecified atom stereocenters. The third-order valence-corrected chi connectivity index (χ3v) is 6.49. The molecule has 4 aromatic carbocycles. The van der Waals surface area contributed by atoms with E-state index in [1.165, 1.54) is 28.1 Å². The van der Waals surface area contributed by atoms with Gasteiger partial charge in [0.25, 0.3) is 0 Å². The SMILES string of the molecule is CN(C)c1ccc([C@@H]2N(Cc3ccccc3)c3ccccc3-c3nc4ccccc4n32)cc1. The number of rotatable bonds is 4. The number of fused-ring (bicyclic) bond motifs is 5. The molecule has 0 aliphatic carbocycles. The summed E-state index contributed by atoms with van der Waals surface area (Å²) >= 11 is 0. The molecule has 0 N–H and O–H groups in total. The quantitative estimate of drug-likeness (QED) is 0.333. The number of para-hydroxylation sites is 3.